The number of anilines is 4. The third-order valence-electron chi connectivity index (χ3n) is 7.37. The molecule has 1 saturated heterocycles. The number of fused-ring (bicyclic) bond motifs is 1. The van der Waals surface area contributed by atoms with Crippen LogP contribution in [0.2, 0.25) is 0 Å². The lowest BCUT2D eigenvalue weighted by atomic mass is 9.88. The number of methoxy groups -OCH3 is 1. The average molecular weight is 535 g/mol. The standard InChI is InChI=1S/C29H32F2N6O2/c1-16(2)37-8-6-17(7-9-37)18-4-5-23(27(10-18)39-3)35-28-12-19-25(14-33-15-26(19)36-28)34-24-13-22(31)21(30)11-20(24)29(32)38/h4-5,10-17,34-36H,6-9H2,1-3H3,(H2,32,38). The van der Waals surface area contributed by atoms with Crippen LogP contribution in [0, 0.1) is 11.6 Å². The number of aromatic amines is 1. The molecule has 1 amide bonds. The van der Waals surface area contributed by atoms with Crippen molar-refractivity contribution in [3.05, 3.63) is 71.6 Å². The lowest BCUT2D eigenvalue weighted by Gasteiger charge is -2.35. The van der Waals surface area contributed by atoms with Crippen molar-refractivity contribution in [2.45, 2.75) is 38.6 Å². The van der Waals surface area contributed by atoms with Crippen LogP contribution >= 0.6 is 0 Å². The molecule has 5 N–H and O–H groups in total. The Balaban J connectivity index is 1.38. The van der Waals surface area contributed by atoms with Gasteiger partial charge < -0.3 is 31.0 Å². The Hall–Kier alpha value is -4.18. The first-order chi connectivity index (χ1) is 18.7. The van der Waals surface area contributed by atoms with Gasteiger partial charge in [-0.3, -0.25) is 9.78 Å². The highest BCUT2D eigenvalue weighted by Crippen LogP contribution is 2.37. The molecule has 4 aromatic rings. The van der Waals surface area contributed by atoms with Crippen molar-refractivity contribution < 1.29 is 18.3 Å². The lowest BCUT2D eigenvalue weighted by molar-refractivity contribution is 0.100. The van der Waals surface area contributed by atoms with Crippen molar-refractivity contribution in [3.63, 3.8) is 0 Å². The van der Waals surface area contributed by atoms with Gasteiger partial charge in [0.25, 0.3) is 5.91 Å². The zero-order chi connectivity index (χ0) is 27.7. The predicted octanol–water partition coefficient (Wildman–Crippen LogP) is 6.02. The normalized spacial score (nSPS) is 14.6. The molecule has 0 atom stereocenters. The van der Waals surface area contributed by atoms with Gasteiger partial charge in [0.1, 0.15) is 11.6 Å². The number of primary amides is 1. The number of hydrogen-bond acceptors (Lipinski definition) is 6. The van der Waals surface area contributed by atoms with Crippen molar-refractivity contribution in [2.24, 2.45) is 5.73 Å². The number of likely N-dealkylation sites (tertiary alicyclic amines) is 1. The number of amides is 1. The first-order valence-electron chi connectivity index (χ1n) is 12.9. The predicted molar refractivity (Wildman–Crippen MR) is 149 cm³/mol. The van der Waals surface area contributed by atoms with Crippen LogP contribution < -0.4 is 21.1 Å². The highest BCUT2D eigenvalue weighted by atomic mass is 19.2. The maximum absolute atomic E-state index is 13.9. The Kier molecular flexibility index (Phi) is 7.38. The molecule has 0 unspecified atom stereocenters. The highest BCUT2D eigenvalue weighted by Gasteiger charge is 2.23. The van der Waals surface area contributed by atoms with Crippen molar-refractivity contribution in [1.82, 2.24) is 14.9 Å². The van der Waals surface area contributed by atoms with Gasteiger partial charge in [-0.05, 0) is 75.5 Å². The van der Waals surface area contributed by atoms with Crippen LogP contribution in [0.5, 0.6) is 5.75 Å². The molecule has 5 rings (SSSR count). The fourth-order valence-electron chi connectivity index (χ4n) is 5.18. The summed E-state index contributed by atoms with van der Waals surface area (Å²) in [5, 5.41) is 7.07. The van der Waals surface area contributed by atoms with Gasteiger partial charge >= 0.3 is 0 Å². The summed E-state index contributed by atoms with van der Waals surface area (Å²) < 4.78 is 33.4. The van der Waals surface area contributed by atoms with Gasteiger partial charge in [0.05, 0.1) is 47.6 Å². The molecule has 0 aliphatic carbocycles. The first-order valence-corrected chi connectivity index (χ1v) is 12.9. The van der Waals surface area contributed by atoms with Gasteiger partial charge in [-0.15, -0.1) is 0 Å². The molecule has 2 aromatic heterocycles. The second-order valence-electron chi connectivity index (χ2n) is 10.1. The SMILES string of the molecule is COc1cc(C2CCN(C(C)C)CC2)ccc1Nc1cc2c(Nc3cc(F)c(F)cc3C(N)=O)cncc2[nH]1. The summed E-state index contributed by atoms with van der Waals surface area (Å²) in [6.07, 6.45) is 5.42. The number of piperidine rings is 1. The molecular weight excluding hydrogens is 502 g/mol. The summed E-state index contributed by atoms with van der Waals surface area (Å²) in [6.45, 7) is 6.67. The molecule has 1 aliphatic heterocycles. The van der Waals surface area contributed by atoms with E-state index in [-0.39, 0.29) is 11.3 Å². The number of halogens is 2. The topological polar surface area (TPSA) is 108 Å². The highest BCUT2D eigenvalue weighted by molar-refractivity contribution is 6.02. The first kappa shape index (κ1) is 26.4. The number of nitrogens with one attached hydrogen (secondary N) is 3. The van der Waals surface area contributed by atoms with Crippen LogP contribution in [0.4, 0.5) is 31.7 Å². The van der Waals surface area contributed by atoms with E-state index in [1.165, 1.54) is 11.8 Å². The Labute approximate surface area is 225 Å². The van der Waals surface area contributed by atoms with E-state index < -0.39 is 17.5 Å². The summed E-state index contributed by atoms with van der Waals surface area (Å²) in [7, 11) is 1.65. The molecule has 204 valence electrons. The fourth-order valence-corrected chi connectivity index (χ4v) is 5.18. The number of ether oxygens (including phenoxy) is 1. The molecule has 0 spiro atoms. The Morgan fingerprint density at radius 2 is 1.79 bits per heavy atom. The van der Waals surface area contributed by atoms with Crippen LogP contribution in [0.3, 0.4) is 0 Å². The third-order valence-corrected chi connectivity index (χ3v) is 7.37. The van der Waals surface area contributed by atoms with Crippen LogP contribution in [-0.4, -0.2) is 47.0 Å². The minimum absolute atomic E-state index is 0.0443. The van der Waals surface area contributed by atoms with E-state index in [9.17, 15) is 13.6 Å². The molecule has 3 heterocycles. The number of rotatable bonds is 8. The quantitative estimate of drug-likeness (QED) is 0.220. The summed E-state index contributed by atoms with van der Waals surface area (Å²) >= 11 is 0. The molecule has 0 radical (unpaired) electrons. The zero-order valence-electron chi connectivity index (χ0n) is 22.1. The number of pyridine rings is 1. The fraction of sp³-hybridized carbons (Fsp3) is 0.310. The number of carbonyl (C=O) groups is 1. The number of aromatic nitrogens is 2. The van der Waals surface area contributed by atoms with Crippen molar-refractivity contribution >= 4 is 39.7 Å². The van der Waals surface area contributed by atoms with Gasteiger partial charge in [0.15, 0.2) is 11.6 Å². The van der Waals surface area contributed by atoms with E-state index in [1.54, 1.807) is 13.3 Å². The number of hydrogen-bond donors (Lipinski definition) is 4. The average Bonchev–Trinajstić information content (AvgIpc) is 3.34. The minimum atomic E-state index is -1.15. The molecule has 0 bridgehead atoms. The third kappa shape index (κ3) is 5.51. The van der Waals surface area contributed by atoms with E-state index >= 15 is 0 Å². The van der Waals surface area contributed by atoms with Crippen molar-refractivity contribution in [1.29, 1.82) is 0 Å². The van der Waals surface area contributed by atoms with Gasteiger partial charge in [-0.25, -0.2) is 8.78 Å². The summed E-state index contributed by atoms with van der Waals surface area (Å²) in [5.74, 6) is -1.22. The van der Waals surface area contributed by atoms with E-state index in [0.29, 0.717) is 29.0 Å². The Morgan fingerprint density at radius 3 is 2.49 bits per heavy atom. The van der Waals surface area contributed by atoms with Crippen molar-refractivity contribution in [2.75, 3.05) is 30.8 Å². The van der Waals surface area contributed by atoms with E-state index in [0.717, 1.165) is 54.9 Å². The van der Waals surface area contributed by atoms with Crippen LogP contribution in [0.25, 0.3) is 10.9 Å². The zero-order valence-corrected chi connectivity index (χ0v) is 22.1. The second-order valence-corrected chi connectivity index (χ2v) is 10.1. The van der Waals surface area contributed by atoms with Crippen molar-refractivity contribution in [3.8, 4) is 5.75 Å². The molecule has 1 aliphatic rings. The van der Waals surface area contributed by atoms with E-state index in [4.69, 9.17) is 10.5 Å². The largest absolute Gasteiger partial charge is 0.495 e. The van der Waals surface area contributed by atoms with E-state index in [2.05, 4.69) is 51.5 Å². The number of benzene rings is 2. The van der Waals surface area contributed by atoms with Crippen LogP contribution in [0.1, 0.15) is 48.5 Å². The number of carbonyl (C=O) groups excluding carboxylic acids is 1. The maximum Gasteiger partial charge on any atom is 0.250 e. The monoisotopic (exact) mass is 534 g/mol. The molecule has 1 fully saturated rings. The molecule has 2 aromatic carbocycles. The number of nitrogens with two attached hydrogens (primary N) is 1. The maximum atomic E-state index is 13.9. The molecule has 0 saturated carbocycles. The smallest absolute Gasteiger partial charge is 0.250 e. The van der Waals surface area contributed by atoms with Crippen LogP contribution in [-0.2, 0) is 0 Å². The Morgan fingerprint density at radius 1 is 1.05 bits per heavy atom. The summed E-state index contributed by atoms with van der Waals surface area (Å²) in [6, 6.07) is 10.4. The number of H-pyrrole nitrogens is 1. The van der Waals surface area contributed by atoms with Gasteiger partial charge in [0.2, 0.25) is 0 Å². The molecular formula is C29H32F2N6O2. The molecule has 39 heavy (non-hydrogen) atoms. The Bertz CT molecular complexity index is 1510. The minimum Gasteiger partial charge on any atom is -0.495 e. The van der Waals surface area contributed by atoms with Gasteiger partial charge in [-0.2, -0.15) is 0 Å². The second kappa shape index (κ2) is 10.9. The van der Waals surface area contributed by atoms with Gasteiger partial charge in [-0.1, -0.05) is 6.07 Å². The molecule has 10 heteroatoms. The van der Waals surface area contributed by atoms with E-state index in [1.807, 2.05) is 12.1 Å². The lowest BCUT2D eigenvalue weighted by Crippen LogP contribution is -2.37. The molecule has 8 nitrogen and oxygen atoms in total. The summed E-state index contributed by atoms with van der Waals surface area (Å²) in [4.78, 5) is 21.8. The van der Waals surface area contributed by atoms with Crippen LogP contribution in [0.15, 0.2) is 48.8 Å². The summed E-state index contributed by atoms with van der Waals surface area (Å²) in [5.41, 5.74) is 8.50. The number of nitrogens with zero attached hydrogens (tertiary/aromatic N) is 2. The van der Waals surface area contributed by atoms with Gasteiger partial charge in [0, 0.05) is 17.5 Å².